The van der Waals surface area contributed by atoms with Gasteiger partial charge in [0, 0.05) is 19.1 Å². The molecule has 0 aliphatic carbocycles. The average Bonchev–Trinajstić information content (AvgIpc) is 2.76. The van der Waals surface area contributed by atoms with Crippen molar-refractivity contribution in [3.63, 3.8) is 0 Å². The van der Waals surface area contributed by atoms with Crippen LogP contribution in [0.5, 0.6) is 0 Å². The minimum absolute atomic E-state index is 0.366. The van der Waals surface area contributed by atoms with Crippen LogP contribution in [0.15, 0.2) is 10.7 Å². The summed E-state index contributed by atoms with van der Waals surface area (Å²) in [4.78, 5) is 2.50. The maximum atomic E-state index is 10.6. The smallest absolute Gasteiger partial charge is 0.0997 e. The molecule has 3 atom stereocenters. The molecule has 100 valence electrons. The molecule has 1 aromatic heterocycles. The summed E-state index contributed by atoms with van der Waals surface area (Å²) in [6.07, 6.45) is 6.15. The van der Waals surface area contributed by atoms with E-state index in [-0.39, 0.29) is 0 Å². The number of hydrogen-bond donors (Lipinski definition) is 1. The Morgan fingerprint density at radius 2 is 1.94 bits per heavy atom. The highest BCUT2D eigenvalue weighted by Crippen LogP contribution is 2.43. The highest BCUT2D eigenvalue weighted by molar-refractivity contribution is 9.10. The first-order valence-corrected chi connectivity index (χ1v) is 7.44. The van der Waals surface area contributed by atoms with Gasteiger partial charge in [-0.3, -0.25) is 4.68 Å². The third-order valence-corrected chi connectivity index (χ3v) is 5.41. The van der Waals surface area contributed by atoms with E-state index in [0.29, 0.717) is 18.0 Å². The molecule has 2 fully saturated rings. The van der Waals surface area contributed by atoms with E-state index in [0.717, 1.165) is 23.0 Å². The largest absolute Gasteiger partial charge is 0.386 e. The zero-order valence-electron chi connectivity index (χ0n) is 10.9. The molecule has 2 bridgehead atoms. The monoisotopic (exact) mass is 313 g/mol. The lowest BCUT2D eigenvalue weighted by Crippen LogP contribution is -2.41. The Balaban J connectivity index is 1.80. The molecule has 0 radical (unpaired) electrons. The molecule has 3 heterocycles. The van der Waals surface area contributed by atoms with Gasteiger partial charge in [0.15, 0.2) is 0 Å². The highest BCUT2D eigenvalue weighted by Gasteiger charge is 2.41. The second-order valence-corrected chi connectivity index (χ2v) is 6.58. The number of piperidine rings is 1. The van der Waals surface area contributed by atoms with Gasteiger partial charge in [-0.05, 0) is 54.6 Å². The third kappa shape index (κ3) is 1.92. The molecule has 1 aromatic rings. The van der Waals surface area contributed by atoms with Crippen LogP contribution in [0.3, 0.4) is 0 Å². The number of nitrogens with zero attached hydrogens (tertiary/aromatic N) is 3. The van der Waals surface area contributed by atoms with Crippen LogP contribution in [0.4, 0.5) is 0 Å². The SMILES string of the molecule is CN1C2CCC1CC(C(O)c1c(Br)cnn1C)C2. The number of fused-ring (bicyclic) bond motifs is 2. The molecule has 4 nitrogen and oxygen atoms in total. The van der Waals surface area contributed by atoms with E-state index in [9.17, 15) is 5.11 Å². The van der Waals surface area contributed by atoms with Gasteiger partial charge in [-0.15, -0.1) is 0 Å². The number of rotatable bonds is 2. The van der Waals surface area contributed by atoms with Crippen LogP contribution < -0.4 is 0 Å². The van der Waals surface area contributed by atoms with Crippen molar-refractivity contribution < 1.29 is 5.11 Å². The molecular formula is C13H20BrN3O. The summed E-state index contributed by atoms with van der Waals surface area (Å²) >= 11 is 3.49. The fourth-order valence-corrected chi connectivity index (χ4v) is 4.27. The van der Waals surface area contributed by atoms with E-state index in [1.54, 1.807) is 10.9 Å². The van der Waals surface area contributed by atoms with Crippen molar-refractivity contribution in [3.8, 4) is 0 Å². The maximum Gasteiger partial charge on any atom is 0.0997 e. The summed E-state index contributed by atoms with van der Waals surface area (Å²) in [5.41, 5.74) is 0.920. The molecule has 2 aliphatic heterocycles. The van der Waals surface area contributed by atoms with Crippen LogP contribution in [0.2, 0.25) is 0 Å². The van der Waals surface area contributed by atoms with Crippen LogP contribution in [-0.4, -0.2) is 38.9 Å². The second-order valence-electron chi connectivity index (χ2n) is 5.73. The van der Waals surface area contributed by atoms with Crippen molar-refractivity contribution in [2.45, 2.75) is 43.9 Å². The van der Waals surface area contributed by atoms with E-state index in [2.05, 4.69) is 33.0 Å². The highest BCUT2D eigenvalue weighted by atomic mass is 79.9. The molecule has 2 aliphatic rings. The molecule has 18 heavy (non-hydrogen) atoms. The summed E-state index contributed by atoms with van der Waals surface area (Å²) in [6, 6.07) is 1.32. The topological polar surface area (TPSA) is 41.3 Å². The van der Waals surface area contributed by atoms with Gasteiger partial charge >= 0.3 is 0 Å². The zero-order chi connectivity index (χ0) is 12.9. The molecular weight excluding hydrogens is 294 g/mol. The van der Waals surface area contributed by atoms with E-state index >= 15 is 0 Å². The van der Waals surface area contributed by atoms with Crippen molar-refractivity contribution >= 4 is 15.9 Å². The van der Waals surface area contributed by atoms with Gasteiger partial charge in [0.25, 0.3) is 0 Å². The molecule has 0 spiro atoms. The lowest BCUT2D eigenvalue weighted by atomic mass is 9.85. The van der Waals surface area contributed by atoms with Gasteiger partial charge in [-0.25, -0.2) is 0 Å². The summed E-state index contributed by atoms with van der Waals surface area (Å²) in [7, 11) is 4.12. The number of hydrogen-bond acceptors (Lipinski definition) is 3. The van der Waals surface area contributed by atoms with Crippen LogP contribution in [-0.2, 0) is 7.05 Å². The summed E-state index contributed by atoms with van der Waals surface area (Å²) in [5, 5.41) is 14.8. The fraction of sp³-hybridized carbons (Fsp3) is 0.769. The number of aliphatic hydroxyl groups excluding tert-OH is 1. The maximum absolute atomic E-state index is 10.6. The van der Waals surface area contributed by atoms with E-state index in [1.807, 2.05) is 7.05 Å². The molecule has 0 saturated carbocycles. The van der Waals surface area contributed by atoms with Gasteiger partial charge < -0.3 is 10.0 Å². The number of aliphatic hydroxyl groups is 1. The van der Waals surface area contributed by atoms with Gasteiger partial charge in [0.2, 0.25) is 0 Å². The van der Waals surface area contributed by atoms with Crippen LogP contribution >= 0.6 is 15.9 Å². The predicted molar refractivity (Wildman–Crippen MR) is 73.2 cm³/mol. The van der Waals surface area contributed by atoms with Crippen LogP contribution in [0.1, 0.15) is 37.5 Å². The average molecular weight is 314 g/mol. The Kier molecular flexibility index (Phi) is 3.24. The summed E-state index contributed by atoms with van der Waals surface area (Å²) in [6.45, 7) is 0. The first-order chi connectivity index (χ1) is 8.58. The normalized spacial score (nSPS) is 33.9. The standard InChI is InChI=1S/C13H20BrN3O/c1-16-9-3-4-10(16)6-8(5-9)13(18)12-11(14)7-15-17(12)2/h7-10,13,18H,3-6H2,1-2H3. The van der Waals surface area contributed by atoms with Gasteiger partial charge in [0.05, 0.1) is 22.5 Å². The first kappa shape index (κ1) is 12.6. The molecule has 0 amide bonds. The molecule has 2 saturated heterocycles. The predicted octanol–water partition coefficient (Wildman–Crippen LogP) is 2.09. The lowest BCUT2D eigenvalue weighted by molar-refractivity contribution is 0.0308. The van der Waals surface area contributed by atoms with Crippen molar-refractivity contribution in [2.24, 2.45) is 13.0 Å². The molecule has 1 N–H and O–H groups in total. The van der Waals surface area contributed by atoms with Gasteiger partial charge in [-0.2, -0.15) is 5.10 Å². The second kappa shape index (κ2) is 4.62. The molecule has 3 rings (SSSR count). The zero-order valence-corrected chi connectivity index (χ0v) is 12.5. The number of aromatic nitrogens is 2. The molecule has 0 aromatic carbocycles. The summed E-state index contributed by atoms with van der Waals surface area (Å²) in [5.74, 6) is 0.366. The fourth-order valence-electron chi connectivity index (χ4n) is 3.69. The van der Waals surface area contributed by atoms with Crippen LogP contribution in [0.25, 0.3) is 0 Å². The first-order valence-electron chi connectivity index (χ1n) is 6.65. The number of halogens is 1. The molecule has 3 unspecified atom stereocenters. The minimum Gasteiger partial charge on any atom is -0.386 e. The van der Waals surface area contributed by atoms with Crippen molar-refractivity contribution in [2.75, 3.05) is 7.05 Å². The quantitative estimate of drug-likeness (QED) is 0.909. The van der Waals surface area contributed by atoms with Crippen molar-refractivity contribution in [1.82, 2.24) is 14.7 Å². The Hall–Kier alpha value is -0.390. The van der Waals surface area contributed by atoms with Crippen molar-refractivity contribution in [3.05, 3.63) is 16.4 Å². The Bertz CT molecular complexity index is 414. The Labute approximate surface area is 116 Å². The lowest BCUT2D eigenvalue weighted by Gasteiger charge is -2.38. The Morgan fingerprint density at radius 3 is 2.44 bits per heavy atom. The minimum atomic E-state index is -0.399. The number of aryl methyl sites for hydroxylation is 1. The summed E-state index contributed by atoms with van der Waals surface area (Å²) < 4.78 is 2.71. The van der Waals surface area contributed by atoms with E-state index in [4.69, 9.17) is 0 Å². The molecule has 5 heteroatoms. The van der Waals surface area contributed by atoms with Gasteiger partial charge in [-0.1, -0.05) is 0 Å². The van der Waals surface area contributed by atoms with Crippen LogP contribution in [0, 0.1) is 5.92 Å². The van der Waals surface area contributed by atoms with Gasteiger partial charge in [0.1, 0.15) is 0 Å². The third-order valence-electron chi connectivity index (χ3n) is 4.80. The van der Waals surface area contributed by atoms with E-state index < -0.39 is 6.10 Å². The van der Waals surface area contributed by atoms with Crippen molar-refractivity contribution in [1.29, 1.82) is 0 Å². The Morgan fingerprint density at radius 1 is 1.33 bits per heavy atom. The van der Waals surface area contributed by atoms with E-state index in [1.165, 1.54) is 12.8 Å².